The highest BCUT2D eigenvalue weighted by Crippen LogP contribution is 2.25. The summed E-state index contributed by atoms with van der Waals surface area (Å²) in [6.07, 6.45) is 1.06. The minimum Gasteiger partial charge on any atom is -0.381 e. The third-order valence-corrected chi connectivity index (χ3v) is 2.84. The molecule has 11 heavy (non-hydrogen) atoms. The van der Waals surface area contributed by atoms with Gasteiger partial charge in [0.1, 0.15) is 5.82 Å². The van der Waals surface area contributed by atoms with Crippen LogP contribution in [0, 0.1) is 0 Å². The van der Waals surface area contributed by atoms with E-state index in [0.717, 1.165) is 29.4 Å². The molecule has 0 saturated carbocycles. The Balaban J connectivity index is 2.15. The van der Waals surface area contributed by atoms with Crippen LogP contribution in [-0.2, 0) is 4.74 Å². The first kappa shape index (κ1) is 7.64. The topological polar surface area (TPSA) is 35.0 Å². The Labute approximate surface area is 77.1 Å². The smallest absolute Gasteiger partial charge is 0.179 e. The Hall–Kier alpha value is -0.0000000000000000555. The summed E-state index contributed by atoms with van der Waals surface area (Å²) >= 11 is 4.67. The first-order chi connectivity index (χ1) is 5.36. The summed E-state index contributed by atoms with van der Waals surface area (Å²) in [5, 5.41) is 0. The maximum absolute atomic E-state index is 5.23. The molecule has 0 N–H and O–H groups in total. The Morgan fingerprint density at radius 3 is 3.09 bits per heavy atom. The summed E-state index contributed by atoms with van der Waals surface area (Å²) in [6, 6.07) is 0. The molecule has 1 aromatic heterocycles. The Morgan fingerprint density at radius 2 is 2.55 bits per heavy atom. The fourth-order valence-corrected chi connectivity index (χ4v) is 2.01. The SMILES string of the molecule is Brc1nc(C2CCOC2)ns1. The molecule has 0 radical (unpaired) electrons. The van der Waals surface area contributed by atoms with E-state index in [4.69, 9.17) is 4.74 Å². The molecule has 2 heterocycles. The fourth-order valence-electron chi connectivity index (χ4n) is 1.12. The maximum Gasteiger partial charge on any atom is 0.179 e. The lowest BCUT2D eigenvalue weighted by atomic mass is 10.1. The zero-order valence-electron chi connectivity index (χ0n) is 5.79. The van der Waals surface area contributed by atoms with Gasteiger partial charge in [-0.3, -0.25) is 0 Å². The van der Waals surface area contributed by atoms with Crippen molar-refractivity contribution in [3.63, 3.8) is 0 Å². The lowest BCUT2D eigenvalue weighted by Gasteiger charge is -1.98. The van der Waals surface area contributed by atoms with Gasteiger partial charge in [0.05, 0.1) is 6.61 Å². The predicted octanol–water partition coefficient (Wildman–Crippen LogP) is 1.80. The number of halogens is 1. The molecular weight excluding hydrogens is 228 g/mol. The van der Waals surface area contributed by atoms with Crippen LogP contribution >= 0.6 is 27.5 Å². The quantitative estimate of drug-likeness (QED) is 0.744. The first-order valence-corrected chi connectivity index (χ1v) is 5.00. The molecule has 0 spiro atoms. The zero-order valence-corrected chi connectivity index (χ0v) is 8.19. The van der Waals surface area contributed by atoms with Crippen LogP contribution in [0.2, 0.25) is 0 Å². The average molecular weight is 235 g/mol. The highest BCUT2D eigenvalue weighted by molar-refractivity contribution is 9.11. The summed E-state index contributed by atoms with van der Waals surface area (Å²) in [7, 11) is 0. The molecule has 1 atom stereocenters. The Morgan fingerprint density at radius 1 is 1.64 bits per heavy atom. The third kappa shape index (κ3) is 1.60. The van der Waals surface area contributed by atoms with Gasteiger partial charge in [-0.15, -0.1) is 0 Å². The molecule has 1 fully saturated rings. The molecule has 5 heteroatoms. The van der Waals surface area contributed by atoms with Crippen LogP contribution in [-0.4, -0.2) is 22.6 Å². The number of nitrogens with zero attached hydrogens (tertiary/aromatic N) is 2. The maximum atomic E-state index is 5.23. The average Bonchev–Trinajstić information content (AvgIpc) is 2.55. The minimum atomic E-state index is 0.428. The predicted molar refractivity (Wildman–Crippen MR) is 45.8 cm³/mol. The largest absolute Gasteiger partial charge is 0.381 e. The summed E-state index contributed by atoms with van der Waals surface area (Å²) < 4.78 is 10.3. The Kier molecular flexibility index (Phi) is 2.20. The van der Waals surface area contributed by atoms with E-state index >= 15 is 0 Å². The molecule has 1 aliphatic rings. The van der Waals surface area contributed by atoms with Crippen molar-refractivity contribution in [2.45, 2.75) is 12.3 Å². The van der Waals surface area contributed by atoms with Gasteiger partial charge >= 0.3 is 0 Å². The van der Waals surface area contributed by atoms with E-state index < -0.39 is 0 Å². The summed E-state index contributed by atoms with van der Waals surface area (Å²) in [4.78, 5) is 4.24. The van der Waals surface area contributed by atoms with Crippen molar-refractivity contribution in [2.75, 3.05) is 13.2 Å². The van der Waals surface area contributed by atoms with E-state index in [2.05, 4.69) is 25.3 Å². The van der Waals surface area contributed by atoms with E-state index in [1.807, 2.05) is 0 Å². The number of rotatable bonds is 1. The second kappa shape index (κ2) is 3.16. The van der Waals surface area contributed by atoms with Crippen LogP contribution in [0.4, 0.5) is 0 Å². The lowest BCUT2D eigenvalue weighted by molar-refractivity contribution is 0.193. The van der Waals surface area contributed by atoms with Crippen LogP contribution in [0.5, 0.6) is 0 Å². The number of hydrogen-bond acceptors (Lipinski definition) is 4. The molecule has 0 aromatic carbocycles. The van der Waals surface area contributed by atoms with Crippen LogP contribution < -0.4 is 0 Å². The monoisotopic (exact) mass is 234 g/mol. The molecule has 1 saturated heterocycles. The molecule has 60 valence electrons. The second-order valence-corrected chi connectivity index (χ2v) is 4.49. The van der Waals surface area contributed by atoms with Crippen molar-refractivity contribution < 1.29 is 4.74 Å². The molecule has 0 amide bonds. The molecular formula is C6H7BrN2OS. The van der Waals surface area contributed by atoms with Gasteiger partial charge in [-0.05, 0) is 33.9 Å². The summed E-state index contributed by atoms with van der Waals surface area (Å²) in [5.41, 5.74) is 0. The van der Waals surface area contributed by atoms with Crippen molar-refractivity contribution in [3.8, 4) is 0 Å². The van der Waals surface area contributed by atoms with E-state index in [-0.39, 0.29) is 0 Å². The number of hydrogen-bond donors (Lipinski definition) is 0. The van der Waals surface area contributed by atoms with Crippen molar-refractivity contribution in [3.05, 3.63) is 9.74 Å². The molecule has 1 unspecified atom stereocenters. The van der Waals surface area contributed by atoms with Gasteiger partial charge in [-0.25, -0.2) is 4.98 Å². The second-order valence-electron chi connectivity index (χ2n) is 2.47. The number of ether oxygens (including phenoxy) is 1. The standard InChI is InChI=1S/C6H7BrN2OS/c7-6-8-5(9-11-6)4-1-2-10-3-4/h4H,1-3H2. The van der Waals surface area contributed by atoms with Crippen LogP contribution in [0.15, 0.2) is 3.92 Å². The highest BCUT2D eigenvalue weighted by Gasteiger charge is 2.21. The zero-order chi connectivity index (χ0) is 7.68. The van der Waals surface area contributed by atoms with Crippen molar-refractivity contribution in [2.24, 2.45) is 0 Å². The van der Waals surface area contributed by atoms with Crippen molar-refractivity contribution in [1.29, 1.82) is 0 Å². The van der Waals surface area contributed by atoms with Gasteiger partial charge < -0.3 is 4.74 Å². The van der Waals surface area contributed by atoms with Gasteiger partial charge in [0, 0.05) is 12.5 Å². The molecule has 3 nitrogen and oxygen atoms in total. The normalized spacial score (nSPS) is 24.3. The Bertz CT molecular complexity index is 246. The molecule has 1 aromatic rings. The minimum absolute atomic E-state index is 0.428. The van der Waals surface area contributed by atoms with Gasteiger partial charge in [0.2, 0.25) is 0 Å². The van der Waals surface area contributed by atoms with E-state index in [0.29, 0.717) is 5.92 Å². The molecule has 0 bridgehead atoms. The van der Waals surface area contributed by atoms with E-state index in [9.17, 15) is 0 Å². The van der Waals surface area contributed by atoms with Crippen molar-refractivity contribution >= 4 is 27.5 Å². The van der Waals surface area contributed by atoms with Gasteiger partial charge in [0.25, 0.3) is 0 Å². The fraction of sp³-hybridized carbons (Fsp3) is 0.667. The summed E-state index contributed by atoms with van der Waals surface area (Å²) in [5.74, 6) is 1.36. The lowest BCUT2D eigenvalue weighted by Crippen LogP contribution is -1.99. The van der Waals surface area contributed by atoms with E-state index in [1.165, 1.54) is 11.5 Å². The van der Waals surface area contributed by atoms with Gasteiger partial charge in [-0.2, -0.15) is 4.37 Å². The number of aromatic nitrogens is 2. The van der Waals surface area contributed by atoms with Gasteiger partial charge in [-0.1, -0.05) is 0 Å². The third-order valence-electron chi connectivity index (χ3n) is 1.71. The van der Waals surface area contributed by atoms with Crippen LogP contribution in [0.1, 0.15) is 18.2 Å². The van der Waals surface area contributed by atoms with Crippen molar-refractivity contribution in [1.82, 2.24) is 9.36 Å². The first-order valence-electron chi connectivity index (χ1n) is 3.43. The van der Waals surface area contributed by atoms with E-state index in [1.54, 1.807) is 0 Å². The van der Waals surface area contributed by atoms with Crippen LogP contribution in [0.25, 0.3) is 0 Å². The highest BCUT2D eigenvalue weighted by atomic mass is 79.9. The van der Waals surface area contributed by atoms with Crippen LogP contribution in [0.3, 0.4) is 0 Å². The molecule has 2 rings (SSSR count). The summed E-state index contributed by atoms with van der Waals surface area (Å²) in [6.45, 7) is 1.63. The molecule has 1 aliphatic heterocycles. The van der Waals surface area contributed by atoms with Gasteiger partial charge in [0.15, 0.2) is 3.92 Å². The molecule has 0 aliphatic carbocycles.